The lowest BCUT2D eigenvalue weighted by molar-refractivity contribution is -0.122. The zero-order chi connectivity index (χ0) is 16.4. The van der Waals surface area contributed by atoms with Crippen LogP contribution in [0, 0.1) is 0 Å². The predicted molar refractivity (Wildman–Crippen MR) is 88.6 cm³/mol. The smallest absolute Gasteiger partial charge is 0.242 e. The fraction of sp³-hybridized carbons (Fsp3) is 0.133. The van der Waals surface area contributed by atoms with E-state index in [4.69, 9.17) is 0 Å². The molecule has 4 aromatic rings. The number of fused-ring (bicyclic) bond motifs is 1. The third-order valence-electron chi connectivity index (χ3n) is 3.49. The number of carbonyl (C=O) groups is 1. The lowest BCUT2D eigenvalue weighted by atomic mass is 10.3. The summed E-state index contributed by atoms with van der Waals surface area (Å²) in [6.07, 6.45) is 1.80. The Kier molecular flexibility index (Phi) is 3.75. The van der Waals surface area contributed by atoms with Crippen molar-refractivity contribution in [3.05, 3.63) is 53.0 Å². The van der Waals surface area contributed by atoms with Gasteiger partial charge in [-0.15, -0.1) is 10.2 Å². The van der Waals surface area contributed by atoms with Gasteiger partial charge >= 0.3 is 0 Å². The topological polar surface area (TPSA) is 90.5 Å². The van der Waals surface area contributed by atoms with Gasteiger partial charge in [0.25, 0.3) is 0 Å². The van der Waals surface area contributed by atoms with E-state index in [0.29, 0.717) is 12.2 Å². The SMILES string of the molecule is O=C(Cn1nnc2ccccc21)NCc1cn(-c2ccsc2)nn1. The Morgan fingerprint density at radius 1 is 1.17 bits per heavy atom. The lowest BCUT2D eigenvalue weighted by Crippen LogP contribution is -2.27. The van der Waals surface area contributed by atoms with E-state index < -0.39 is 0 Å². The van der Waals surface area contributed by atoms with E-state index in [1.54, 1.807) is 26.9 Å². The lowest BCUT2D eigenvalue weighted by Gasteiger charge is -2.03. The van der Waals surface area contributed by atoms with Crippen molar-refractivity contribution < 1.29 is 4.79 Å². The highest BCUT2D eigenvalue weighted by atomic mass is 32.1. The van der Waals surface area contributed by atoms with Crippen LogP contribution in [-0.4, -0.2) is 35.9 Å². The second-order valence-electron chi connectivity index (χ2n) is 5.15. The highest BCUT2D eigenvalue weighted by molar-refractivity contribution is 7.08. The highest BCUT2D eigenvalue weighted by Crippen LogP contribution is 2.11. The van der Waals surface area contributed by atoms with Gasteiger partial charge in [0.2, 0.25) is 5.91 Å². The standard InChI is InChI=1S/C15H13N7OS/c23-15(9-22-14-4-2-1-3-13(14)18-20-22)16-7-11-8-21(19-17-11)12-5-6-24-10-12/h1-6,8,10H,7,9H2,(H,16,23). The Balaban J connectivity index is 1.38. The van der Waals surface area contributed by atoms with Gasteiger partial charge in [0.05, 0.1) is 23.9 Å². The van der Waals surface area contributed by atoms with E-state index in [2.05, 4.69) is 25.9 Å². The van der Waals surface area contributed by atoms with Crippen LogP contribution >= 0.6 is 11.3 Å². The van der Waals surface area contributed by atoms with E-state index in [9.17, 15) is 4.79 Å². The quantitative estimate of drug-likeness (QED) is 0.593. The van der Waals surface area contributed by atoms with Gasteiger partial charge in [0.15, 0.2) is 0 Å². The summed E-state index contributed by atoms with van der Waals surface area (Å²) in [5.74, 6) is -0.157. The molecule has 8 nitrogen and oxygen atoms in total. The number of rotatable bonds is 5. The molecule has 0 saturated heterocycles. The van der Waals surface area contributed by atoms with Gasteiger partial charge in [0.1, 0.15) is 17.8 Å². The van der Waals surface area contributed by atoms with Gasteiger partial charge in [-0.2, -0.15) is 11.3 Å². The van der Waals surface area contributed by atoms with Crippen molar-refractivity contribution in [3.63, 3.8) is 0 Å². The first kappa shape index (κ1) is 14.5. The number of hydrogen-bond donors (Lipinski definition) is 1. The average Bonchev–Trinajstić information content (AvgIpc) is 3.34. The molecule has 1 amide bonds. The molecule has 0 fully saturated rings. The number of carbonyl (C=O) groups excluding carboxylic acids is 1. The van der Waals surface area contributed by atoms with Crippen LogP contribution in [0.3, 0.4) is 0 Å². The Hall–Kier alpha value is -3.07. The van der Waals surface area contributed by atoms with Crippen LogP contribution in [0.5, 0.6) is 0 Å². The molecule has 0 saturated carbocycles. The van der Waals surface area contributed by atoms with Gasteiger partial charge in [-0.05, 0) is 23.6 Å². The maximum Gasteiger partial charge on any atom is 0.242 e. The molecule has 4 rings (SSSR count). The van der Waals surface area contributed by atoms with E-state index in [0.717, 1.165) is 16.7 Å². The third kappa shape index (κ3) is 2.88. The van der Waals surface area contributed by atoms with Crippen molar-refractivity contribution in [2.45, 2.75) is 13.1 Å². The number of aromatic nitrogens is 6. The minimum absolute atomic E-state index is 0.110. The van der Waals surface area contributed by atoms with Crippen molar-refractivity contribution in [2.75, 3.05) is 0 Å². The van der Waals surface area contributed by atoms with Crippen LogP contribution in [0.15, 0.2) is 47.3 Å². The van der Waals surface area contributed by atoms with Crippen molar-refractivity contribution in [2.24, 2.45) is 0 Å². The first-order chi connectivity index (χ1) is 11.8. The summed E-state index contributed by atoms with van der Waals surface area (Å²) >= 11 is 1.59. The second-order valence-corrected chi connectivity index (χ2v) is 5.93. The summed E-state index contributed by atoms with van der Waals surface area (Å²) in [5, 5.41) is 22.9. The monoisotopic (exact) mass is 339 g/mol. The van der Waals surface area contributed by atoms with Gasteiger partial charge in [0, 0.05) is 5.38 Å². The van der Waals surface area contributed by atoms with E-state index >= 15 is 0 Å². The normalized spacial score (nSPS) is 11.0. The van der Waals surface area contributed by atoms with Gasteiger partial charge in [-0.25, -0.2) is 9.36 Å². The molecule has 120 valence electrons. The maximum atomic E-state index is 12.1. The van der Waals surface area contributed by atoms with Gasteiger partial charge in [-0.3, -0.25) is 4.79 Å². The van der Waals surface area contributed by atoms with Crippen molar-refractivity contribution in [1.82, 2.24) is 35.3 Å². The molecule has 0 radical (unpaired) electrons. The molecule has 0 atom stereocenters. The molecule has 3 aromatic heterocycles. The van der Waals surface area contributed by atoms with Crippen molar-refractivity contribution in [3.8, 4) is 5.69 Å². The summed E-state index contributed by atoms with van der Waals surface area (Å²) in [7, 11) is 0. The first-order valence-corrected chi connectivity index (χ1v) is 8.22. The summed E-state index contributed by atoms with van der Waals surface area (Å²) in [6, 6.07) is 9.48. The van der Waals surface area contributed by atoms with Crippen LogP contribution < -0.4 is 5.32 Å². The van der Waals surface area contributed by atoms with Crippen molar-refractivity contribution in [1.29, 1.82) is 0 Å². The molecular weight excluding hydrogens is 326 g/mol. The summed E-state index contributed by atoms with van der Waals surface area (Å²) in [6.45, 7) is 0.425. The molecule has 0 bridgehead atoms. The van der Waals surface area contributed by atoms with Crippen molar-refractivity contribution >= 4 is 28.3 Å². The Morgan fingerprint density at radius 2 is 2.08 bits per heavy atom. The molecule has 0 aliphatic carbocycles. The molecule has 0 aliphatic heterocycles. The van der Waals surface area contributed by atoms with Crippen LogP contribution in [-0.2, 0) is 17.9 Å². The number of hydrogen-bond acceptors (Lipinski definition) is 6. The van der Waals surface area contributed by atoms with Crippen LogP contribution in [0.1, 0.15) is 5.69 Å². The number of benzene rings is 1. The first-order valence-electron chi connectivity index (χ1n) is 7.28. The zero-order valence-electron chi connectivity index (χ0n) is 12.5. The molecule has 24 heavy (non-hydrogen) atoms. The van der Waals surface area contributed by atoms with Crippen LogP contribution in [0.2, 0.25) is 0 Å². The molecule has 1 N–H and O–H groups in total. The molecule has 0 unspecified atom stereocenters. The predicted octanol–water partition coefficient (Wildman–Crippen LogP) is 1.39. The number of nitrogens with one attached hydrogen (secondary N) is 1. The van der Waals surface area contributed by atoms with Gasteiger partial charge in [-0.1, -0.05) is 22.6 Å². The highest BCUT2D eigenvalue weighted by Gasteiger charge is 2.09. The van der Waals surface area contributed by atoms with E-state index in [1.165, 1.54) is 0 Å². The van der Waals surface area contributed by atoms with Crippen LogP contribution in [0.4, 0.5) is 0 Å². The minimum atomic E-state index is -0.157. The molecular formula is C15H13N7OS. The molecule has 1 aromatic carbocycles. The maximum absolute atomic E-state index is 12.1. The number of nitrogens with zero attached hydrogens (tertiary/aromatic N) is 6. The molecule has 0 aliphatic rings. The second kappa shape index (κ2) is 6.20. The summed E-state index contributed by atoms with van der Waals surface area (Å²) < 4.78 is 3.26. The molecule has 3 heterocycles. The Morgan fingerprint density at radius 3 is 2.96 bits per heavy atom. The largest absolute Gasteiger partial charge is 0.349 e. The van der Waals surface area contributed by atoms with E-state index in [-0.39, 0.29) is 12.5 Å². The molecule has 9 heteroatoms. The number of thiophene rings is 1. The Bertz CT molecular complexity index is 973. The summed E-state index contributed by atoms with van der Waals surface area (Å²) in [4.78, 5) is 12.1. The third-order valence-corrected chi connectivity index (χ3v) is 4.16. The van der Waals surface area contributed by atoms with Gasteiger partial charge < -0.3 is 5.32 Å². The fourth-order valence-electron chi connectivity index (χ4n) is 2.31. The summed E-state index contributed by atoms with van der Waals surface area (Å²) in [5.41, 5.74) is 3.25. The molecule has 0 spiro atoms. The minimum Gasteiger partial charge on any atom is -0.349 e. The number of para-hydroxylation sites is 1. The fourth-order valence-corrected chi connectivity index (χ4v) is 2.93. The van der Waals surface area contributed by atoms with E-state index in [1.807, 2.05) is 41.1 Å². The van der Waals surface area contributed by atoms with Crippen LogP contribution in [0.25, 0.3) is 16.7 Å². The number of amides is 1. The zero-order valence-corrected chi connectivity index (χ0v) is 13.3. The Labute approximate surface area is 140 Å². The average molecular weight is 339 g/mol.